The van der Waals surface area contributed by atoms with Crippen molar-refractivity contribution in [3.63, 3.8) is 0 Å². The molecular weight excluding hydrogens is 100 g/mol. The Balaban J connectivity index is 2.44. The second-order valence-corrected chi connectivity index (χ2v) is 3.14. The summed E-state index contributed by atoms with van der Waals surface area (Å²) in [6, 6.07) is 0. The van der Waals surface area contributed by atoms with E-state index >= 15 is 0 Å². The van der Waals surface area contributed by atoms with Gasteiger partial charge in [0, 0.05) is 12.1 Å². The first-order valence-electron chi connectivity index (χ1n) is 3.08. The third kappa shape index (κ3) is 1.20. The van der Waals surface area contributed by atoms with Gasteiger partial charge < -0.3 is 10.6 Å². The van der Waals surface area contributed by atoms with Gasteiger partial charge in [0.05, 0.1) is 0 Å². The lowest BCUT2D eigenvalue weighted by Gasteiger charge is -2.15. The van der Waals surface area contributed by atoms with Crippen LogP contribution in [0.25, 0.3) is 0 Å². The van der Waals surface area contributed by atoms with Crippen LogP contribution in [0.15, 0.2) is 0 Å². The fraction of sp³-hybridized carbons (Fsp3) is 1.00. The first kappa shape index (κ1) is 6.05. The summed E-state index contributed by atoms with van der Waals surface area (Å²) in [4.78, 5) is 2.26. The third-order valence-corrected chi connectivity index (χ3v) is 1.70. The van der Waals surface area contributed by atoms with Gasteiger partial charge in [-0.1, -0.05) is 0 Å². The SMILES string of the molecule is CN1CC[C@](C)(N)C1. The van der Waals surface area contributed by atoms with Gasteiger partial charge in [0.1, 0.15) is 0 Å². The first-order chi connectivity index (χ1) is 3.60. The molecule has 0 amide bonds. The van der Waals surface area contributed by atoms with Crippen LogP contribution in [0.2, 0.25) is 0 Å². The Kier molecular flexibility index (Phi) is 1.29. The Morgan fingerprint density at radius 2 is 2.25 bits per heavy atom. The van der Waals surface area contributed by atoms with Gasteiger partial charge in [0.15, 0.2) is 0 Å². The quantitative estimate of drug-likeness (QED) is 0.482. The first-order valence-corrected chi connectivity index (χ1v) is 3.08. The van der Waals surface area contributed by atoms with Crippen molar-refractivity contribution in [1.82, 2.24) is 4.90 Å². The maximum absolute atomic E-state index is 5.83. The summed E-state index contributed by atoms with van der Waals surface area (Å²) in [6.45, 7) is 4.32. The summed E-state index contributed by atoms with van der Waals surface area (Å²) < 4.78 is 0. The van der Waals surface area contributed by atoms with Crippen molar-refractivity contribution >= 4 is 0 Å². The predicted octanol–water partition coefficient (Wildman–Crippen LogP) is 0.0393. The van der Waals surface area contributed by atoms with Crippen molar-refractivity contribution in [2.45, 2.75) is 18.9 Å². The van der Waals surface area contributed by atoms with E-state index in [-0.39, 0.29) is 5.54 Å². The van der Waals surface area contributed by atoms with E-state index in [9.17, 15) is 0 Å². The largest absolute Gasteiger partial charge is 0.324 e. The molecule has 1 saturated heterocycles. The van der Waals surface area contributed by atoms with E-state index in [1.165, 1.54) is 0 Å². The van der Waals surface area contributed by atoms with Gasteiger partial charge >= 0.3 is 0 Å². The number of rotatable bonds is 0. The number of nitrogens with zero attached hydrogens (tertiary/aromatic N) is 1. The highest BCUT2D eigenvalue weighted by Gasteiger charge is 2.26. The van der Waals surface area contributed by atoms with E-state index in [1.54, 1.807) is 0 Å². The van der Waals surface area contributed by atoms with E-state index in [0.29, 0.717) is 0 Å². The summed E-state index contributed by atoms with van der Waals surface area (Å²) in [5, 5.41) is 0. The second-order valence-electron chi connectivity index (χ2n) is 3.14. The highest BCUT2D eigenvalue weighted by atomic mass is 15.1. The van der Waals surface area contributed by atoms with E-state index in [2.05, 4.69) is 18.9 Å². The maximum Gasteiger partial charge on any atom is 0.0266 e. The Labute approximate surface area is 50.7 Å². The molecule has 1 rings (SSSR count). The van der Waals surface area contributed by atoms with Crippen molar-refractivity contribution in [3.8, 4) is 0 Å². The van der Waals surface area contributed by atoms with Gasteiger partial charge in [-0.3, -0.25) is 0 Å². The second kappa shape index (κ2) is 1.71. The molecule has 0 unspecified atom stereocenters. The molecule has 0 radical (unpaired) electrons. The zero-order valence-electron chi connectivity index (χ0n) is 5.65. The van der Waals surface area contributed by atoms with Crippen LogP contribution in [0.3, 0.4) is 0 Å². The van der Waals surface area contributed by atoms with Crippen LogP contribution in [-0.2, 0) is 0 Å². The summed E-state index contributed by atoms with van der Waals surface area (Å²) >= 11 is 0. The van der Waals surface area contributed by atoms with Crippen molar-refractivity contribution in [2.75, 3.05) is 20.1 Å². The average Bonchev–Trinajstić information content (AvgIpc) is 1.82. The van der Waals surface area contributed by atoms with Crippen LogP contribution >= 0.6 is 0 Å². The van der Waals surface area contributed by atoms with Crippen LogP contribution in [-0.4, -0.2) is 30.6 Å². The number of nitrogens with two attached hydrogens (primary N) is 1. The molecule has 1 atom stereocenters. The topological polar surface area (TPSA) is 29.3 Å². The standard InChI is InChI=1S/C6H14N2/c1-6(7)3-4-8(2)5-6/h3-5,7H2,1-2H3/t6-/m0/s1. The smallest absolute Gasteiger partial charge is 0.0266 e. The van der Waals surface area contributed by atoms with Crippen molar-refractivity contribution < 1.29 is 0 Å². The van der Waals surface area contributed by atoms with E-state index in [0.717, 1.165) is 19.5 Å². The molecule has 1 aliphatic heterocycles. The average molecular weight is 114 g/mol. The van der Waals surface area contributed by atoms with Crippen LogP contribution < -0.4 is 5.73 Å². The van der Waals surface area contributed by atoms with Crippen LogP contribution in [0.5, 0.6) is 0 Å². The van der Waals surface area contributed by atoms with Gasteiger partial charge in [-0.2, -0.15) is 0 Å². The molecule has 0 bridgehead atoms. The molecular formula is C6H14N2. The minimum absolute atomic E-state index is 0.0920. The van der Waals surface area contributed by atoms with Gasteiger partial charge in [0.2, 0.25) is 0 Å². The Morgan fingerprint density at radius 3 is 2.38 bits per heavy atom. The summed E-state index contributed by atoms with van der Waals surface area (Å²) in [5.74, 6) is 0. The van der Waals surface area contributed by atoms with Gasteiger partial charge in [-0.15, -0.1) is 0 Å². The molecule has 0 aromatic heterocycles. The number of likely N-dealkylation sites (N-methyl/N-ethyl adjacent to an activating group) is 1. The lowest BCUT2D eigenvalue weighted by atomic mass is 10.0. The van der Waals surface area contributed by atoms with Crippen molar-refractivity contribution in [3.05, 3.63) is 0 Å². The number of likely N-dealkylation sites (tertiary alicyclic amines) is 1. The normalized spacial score (nSPS) is 40.9. The molecule has 1 aliphatic rings. The molecule has 2 heteroatoms. The fourth-order valence-corrected chi connectivity index (χ4v) is 1.22. The molecule has 48 valence electrons. The fourth-order valence-electron chi connectivity index (χ4n) is 1.22. The molecule has 2 N–H and O–H groups in total. The molecule has 2 nitrogen and oxygen atoms in total. The molecule has 1 heterocycles. The molecule has 1 fully saturated rings. The van der Waals surface area contributed by atoms with Crippen LogP contribution in [0.1, 0.15) is 13.3 Å². The van der Waals surface area contributed by atoms with Crippen LogP contribution in [0, 0.1) is 0 Å². The molecule has 0 spiro atoms. The van der Waals surface area contributed by atoms with Gasteiger partial charge in [-0.25, -0.2) is 0 Å². The Morgan fingerprint density at radius 1 is 1.62 bits per heavy atom. The van der Waals surface area contributed by atoms with E-state index < -0.39 is 0 Å². The van der Waals surface area contributed by atoms with E-state index in [4.69, 9.17) is 5.73 Å². The van der Waals surface area contributed by atoms with Crippen molar-refractivity contribution in [1.29, 1.82) is 0 Å². The zero-order chi connectivity index (χ0) is 6.20. The zero-order valence-corrected chi connectivity index (χ0v) is 5.65. The summed E-state index contributed by atoms with van der Waals surface area (Å²) in [7, 11) is 2.11. The number of hydrogen-bond acceptors (Lipinski definition) is 2. The summed E-state index contributed by atoms with van der Waals surface area (Å²) in [5.41, 5.74) is 5.92. The lowest BCUT2D eigenvalue weighted by Crippen LogP contribution is -2.38. The molecule has 0 aromatic carbocycles. The lowest BCUT2D eigenvalue weighted by molar-refractivity contribution is 0.382. The Hall–Kier alpha value is -0.0800. The predicted molar refractivity (Wildman–Crippen MR) is 34.7 cm³/mol. The monoisotopic (exact) mass is 114 g/mol. The van der Waals surface area contributed by atoms with Crippen LogP contribution in [0.4, 0.5) is 0 Å². The van der Waals surface area contributed by atoms with Gasteiger partial charge in [0.25, 0.3) is 0 Å². The minimum atomic E-state index is 0.0920. The number of hydrogen-bond donors (Lipinski definition) is 1. The highest BCUT2D eigenvalue weighted by molar-refractivity contribution is 4.88. The molecule has 0 aromatic rings. The highest BCUT2D eigenvalue weighted by Crippen LogP contribution is 2.14. The molecule has 0 saturated carbocycles. The van der Waals surface area contributed by atoms with E-state index in [1.807, 2.05) is 0 Å². The minimum Gasteiger partial charge on any atom is -0.324 e. The molecule has 0 aliphatic carbocycles. The maximum atomic E-state index is 5.83. The Bertz CT molecular complexity index is 88.5. The molecule has 8 heavy (non-hydrogen) atoms. The third-order valence-electron chi connectivity index (χ3n) is 1.70. The summed E-state index contributed by atoms with van der Waals surface area (Å²) in [6.07, 6.45) is 1.14. The van der Waals surface area contributed by atoms with Crippen molar-refractivity contribution in [2.24, 2.45) is 5.73 Å². The van der Waals surface area contributed by atoms with Gasteiger partial charge in [-0.05, 0) is 26.9 Å².